The van der Waals surface area contributed by atoms with Crippen LogP contribution in [0, 0.1) is 16.1 Å². The Morgan fingerprint density at radius 2 is 2.10 bits per heavy atom. The van der Waals surface area contributed by atoms with Gasteiger partial charge in [-0.1, -0.05) is 11.6 Å². The molecule has 0 saturated carbocycles. The fourth-order valence-corrected chi connectivity index (χ4v) is 1.66. The number of rotatable bonds is 3. The number of nitrogens with one attached hydrogen (secondary N) is 1. The minimum atomic E-state index is -0.707. The number of hydrogen-bond donors (Lipinski definition) is 1. The molecule has 6 nitrogen and oxygen atoms in total. The van der Waals surface area contributed by atoms with Crippen LogP contribution in [0.3, 0.4) is 0 Å². The molecule has 1 N–H and O–H groups in total. The molecule has 0 fully saturated rings. The Morgan fingerprint density at radius 1 is 1.35 bits per heavy atom. The van der Waals surface area contributed by atoms with Gasteiger partial charge in [-0.25, -0.2) is 4.98 Å². The number of aromatic nitrogens is 1. The maximum atomic E-state index is 12.6. The second kappa shape index (κ2) is 5.62. The van der Waals surface area contributed by atoms with Crippen molar-refractivity contribution in [3.8, 4) is 0 Å². The summed E-state index contributed by atoms with van der Waals surface area (Å²) in [6, 6.07) is 6.05. The second-order valence-electron chi connectivity index (χ2n) is 3.74. The van der Waals surface area contributed by atoms with Crippen LogP contribution in [0.2, 0.25) is 5.02 Å². The molecule has 0 spiro atoms. The van der Waals surface area contributed by atoms with Crippen molar-refractivity contribution in [2.24, 2.45) is 0 Å². The van der Waals surface area contributed by atoms with Gasteiger partial charge in [-0.2, -0.15) is 4.39 Å². The standard InChI is InChI=1S/C12H7ClFN3O3/c13-7-1-3-9(10(5-7)17(19)20)12(18)16-8-2-4-11(14)15-6-8/h1-6H,(H,16,18). The summed E-state index contributed by atoms with van der Waals surface area (Å²) in [5, 5.41) is 13.4. The molecule has 20 heavy (non-hydrogen) atoms. The smallest absolute Gasteiger partial charge is 0.283 e. The summed E-state index contributed by atoms with van der Waals surface area (Å²) in [6.45, 7) is 0. The van der Waals surface area contributed by atoms with Crippen molar-refractivity contribution >= 4 is 28.9 Å². The van der Waals surface area contributed by atoms with Gasteiger partial charge in [0, 0.05) is 11.1 Å². The van der Waals surface area contributed by atoms with Crippen LogP contribution in [-0.4, -0.2) is 15.8 Å². The number of nitro groups is 1. The highest BCUT2D eigenvalue weighted by Crippen LogP contribution is 2.24. The van der Waals surface area contributed by atoms with Crippen LogP contribution >= 0.6 is 11.6 Å². The predicted octanol–water partition coefficient (Wildman–Crippen LogP) is 3.03. The molecule has 0 bridgehead atoms. The van der Waals surface area contributed by atoms with Crippen molar-refractivity contribution in [2.45, 2.75) is 0 Å². The van der Waals surface area contributed by atoms with Crippen LogP contribution in [0.25, 0.3) is 0 Å². The lowest BCUT2D eigenvalue weighted by atomic mass is 10.1. The largest absolute Gasteiger partial charge is 0.320 e. The lowest BCUT2D eigenvalue weighted by Gasteiger charge is -2.05. The Labute approximate surface area is 117 Å². The van der Waals surface area contributed by atoms with E-state index in [0.717, 1.165) is 18.3 Å². The van der Waals surface area contributed by atoms with E-state index in [0.29, 0.717) is 0 Å². The summed E-state index contributed by atoms with van der Waals surface area (Å²) >= 11 is 5.66. The number of nitro benzene ring substituents is 1. The number of pyridine rings is 1. The van der Waals surface area contributed by atoms with Crippen molar-refractivity contribution in [1.82, 2.24) is 4.98 Å². The summed E-state index contributed by atoms with van der Waals surface area (Å²) in [6.07, 6.45) is 1.11. The molecule has 102 valence electrons. The van der Waals surface area contributed by atoms with Gasteiger partial charge >= 0.3 is 0 Å². The average Bonchev–Trinajstić information content (AvgIpc) is 2.41. The zero-order chi connectivity index (χ0) is 14.7. The SMILES string of the molecule is O=C(Nc1ccc(F)nc1)c1ccc(Cl)cc1[N+](=O)[O-]. The Kier molecular flexibility index (Phi) is 3.90. The van der Waals surface area contributed by atoms with Crippen molar-refractivity contribution in [2.75, 3.05) is 5.32 Å². The molecule has 0 radical (unpaired) electrons. The molecule has 0 aliphatic heterocycles. The van der Waals surface area contributed by atoms with Crippen LogP contribution in [0.5, 0.6) is 0 Å². The number of carbonyl (C=O) groups is 1. The Balaban J connectivity index is 2.29. The fraction of sp³-hybridized carbons (Fsp3) is 0. The molecular formula is C12H7ClFN3O3. The van der Waals surface area contributed by atoms with E-state index in [1.165, 1.54) is 18.2 Å². The predicted molar refractivity (Wildman–Crippen MR) is 70.3 cm³/mol. The lowest BCUT2D eigenvalue weighted by Crippen LogP contribution is -2.14. The summed E-state index contributed by atoms with van der Waals surface area (Å²) in [5.41, 5.74) is -0.338. The topological polar surface area (TPSA) is 85.1 Å². The molecule has 8 heteroatoms. The Morgan fingerprint density at radius 3 is 2.70 bits per heavy atom. The van der Waals surface area contributed by atoms with Crippen LogP contribution < -0.4 is 5.32 Å². The molecule has 0 atom stereocenters. The van der Waals surface area contributed by atoms with Gasteiger partial charge in [0.15, 0.2) is 0 Å². The van der Waals surface area contributed by atoms with Gasteiger partial charge in [-0.15, -0.1) is 0 Å². The molecule has 1 aromatic heterocycles. The van der Waals surface area contributed by atoms with Crippen molar-refractivity contribution < 1.29 is 14.1 Å². The molecule has 1 aromatic carbocycles. The first-order chi connectivity index (χ1) is 9.47. The van der Waals surface area contributed by atoms with Gasteiger partial charge in [-0.05, 0) is 24.3 Å². The second-order valence-corrected chi connectivity index (χ2v) is 4.18. The number of amides is 1. The summed E-state index contributed by atoms with van der Waals surface area (Å²) < 4.78 is 12.6. The van der Waals surface area contributed by atoms with E-state index in [9.17, 15) is 19.3 Å². The van der Waals surface area contributed by atoms with Gasteiger partial charge in [-0.3, -0.25) is 14.9 Å². The summed E-state index contributed by atoms with van der Waals surface area (Å²) in [4.78, 5) is 25.5. The first-order valence-electron chi connectivity index (χ1n) is 5.34. The van der Waals surface area contributed by atoms with Crippen molar-refractivity contribution in [3.05, 3.63) is 63.2 Å². The van der Waals surface area contributed by atoms with Gasteiger partial charge in [0.2, 0.25) is 5.95 Å². The number of hydrogen-bond acceptors (Lipinski definition) is 4. The number of benzene rings is 1. The fourth-order valence-electron chi connectivity index (χ4n) is 1.50. The normalized spacial score (nSPS) is 10.1. The zero-order valence-corrected chi connectivity index (χ0v) is 10.6. The van der Waals surface area contributed by atoms with E-state index in [-0.39, 0.29) is 16.3 Å². The van der Waals surface area contributed by atoms with E-state index in [2.05, 4.69) is 10.3 Å². The number of carbonyl (C=O) groups excluding carboxylic acids is 1. The van der Waals surface area contributed by atoms with Gasteiger partial charge < -0.3 is 5.32 Å². The molecule has 0 aliphatic rings. The van der Waals surface area contributed by atoms with E-state index in [4.69, 9.17) is 11.6 Å². The number of anilines is 1. The third kappa shape index (κ3) is 3.07. The summed E-state index contributed by atoms with van der Waals surface area (Å²) in [7, 11) is 0. The number of nitrogens with zero attached hydrogens (tertiary/aromatic N) is 2. The first kappa shape index (κ1) is 13.9. The molecule has 1 amide bonds. The maximum absolute atomic E-state index is 12.6. The van der Waals surface area contributed by atoms with Crippen LogP contribution in [0.1, 0.15) is 10.4 Å². The average molecular weight is 296 g/mol. The van der Waals surface area contributed by atoms with Crippen molar-refractivity contribution in [3.63, 3.8) is 0 Å². The minimum Gasteiger partial charge on any atom is -0.320 e. The molecule has 2 aromatic rings. The lowest BCUT2D eigenvalue weighted by molar-refractivity contribution is -0.385. The van der Waals surface area contributed by atoms with Gasteiger partial charge in [0.1, 0.15) is 5.56 Å². The first-order valence-corrected chi connectivity index (χ1v) is 5.72. The third-order valence-corrected chi connectivity index (χ3v) is 2.62. The monoisotopic (exact) mass is 295 g/mol. The minimum absolute atomic E-state index is 0.149. The molecule has 0 aliphatic carbocycles. The van der Waals surface area contributed by atoms with E-state index < -0.39 is 22.5 Å². The van der Waals surface area contributed by atoms with Crippen LogP contribution in [0.15, 0.2) is 36.5 Å². The highest BCUT2D eigenvalue weighted by atomic mass is 35.5. The molecule has 0 unspecified atom stereocenters. The van der Waals surface area contributed by atoms with E-state index in [1.807, 2.05) is 0 Å². The quantitative estimate of drug-likeness (QED) is 0.536. The maximum Gasteiger partial charge on any atom is 0.283 e. The van der Waals surface area contributed by atoms with E-state index in [1.54, 1.807) is 0 Å². The Bertz CT molecular complexity index is 676. The summed E-state index contributed by atoms with van der Waals surface area (Å²) in [5.74, 6) is -1.40. The molecule has 0 saturated heterocycles. The highest BCUT2D eigenvalue weighted by molar-refractivity contribution is 6.31. The number of halogens is 2. The van der Waals surface area contributed by atoms with Gasteiger partial charge in [0.05, 0.1) is 16.8 Å². The zero-order valence-electron chi connectivity index (χ0n) is 9.84. The van der Waals surface area contributed by atoms with Crippen LogP contribution in [-0.2, 0) is 0 Å². The Hall–Kier alpha value is -2.54. The molecular weight excluding hydrogens is 289 g/mol. The van der Waals surface area contributed by atoms with Gasteiger partial charge in [0.25, 0.3) is 11.6 Å². The molecule has 1 heterocycles. The third-order valence-electron chi connectivity index (χ3n) is 2.39. The van der Waals surface area contributed by atoms with Crippen molar-refractivity contribution in [1.29, 1.82) is 0 Å². The molecule has 2 rings (SSSR count). The highest BCUT2D eigenvalue weighted by Gasteiger charge is 2.20. The van der Waals surface area contributed by atoms with E-state index >= 15 is 0 Å². The van der Waals surface area contributed by atoms with Crippen LogP contribution in [0.4, 0.5) is 15.8 Å².